The van der Waals surface area contributed by atoms with Crippen molar-refractivity contribution in [2.24, 2.45) is 5.92 Å². The van der Waals surface area contributed by atoms with Crippen molar-refractivity contribution in [3.63, 3.8) is 0 Å². The summed E-state index contributed by atoms with van der Waals surface area (Å²) in [7, 11) is 0. The van der Waals surface area contributed by atoms with Crippen LogP contribution in [0.1, 0.15) is 40.7 Å². The maximum atomic E-state index is 12.9. The number of carbonyl (C=O) groups excluding carboxylic acids is 1. The maximum Gasteiger partial charge on any atom is 0.224 e. The second kappa shape index (κ2) is 11.8. The molecule has 5 rings (SSSR count). The molecule has 1 saturated heterocycles. The van der Waals surface area contributed by atoms with E-state index in [2.05, 4.69) is 63.6 Å². The zero-order valence-corrected chi connectivity index (χ0v) is 22.1. The molecule has 2 aliphatic heterocycles. The average molecular weight is 523 g/mol. The molecule has 1 amide bonds. The number of rotatable bonds is 7. The smallest absolute Gasteiger partial charge is 0.224 e. The van der Waals surface area contributed by atoms with Gasteiger partial charge in [-0.2, -0.15) is 0 Å². The molecule has 0 radical (unpaired) electrons. The van der Waals surface area contributed by atoms with Gasteiger partial charge in [-0.15, -0.1) is 0 Å². The molecule has 3 aromatic rings. The number of hydrogen-bond donors (Lipinski definition) is 1. The molecule has 1 N–H and O–H groups in total. The molecule has 0 saturated carbocycles. The van der Waals surface area contributed by atoms with Crippen LogP contribution in [0.3, 0.4) is 0 Å². The van der Waals surface area contributed by atoms with Crippen LogP contribution in [-0.2, 0) is 37.4 Å². The second-order valence-corrected chi connectivity index (χ2v) is 10.9. The molecule has 4 nitrogen and oxygen atoms in total. The lowest BCUT2D eigenvalue weighted by atomic mass is 9.96. The lowest BCUT2D eigenvalue weighted by molar-refractivity contribution is -0.126. The van der Waals surface area contributed by atoms with Crippen LogP contribution in [0.4, 0.5) is 0 Å². The van der Waals surface area contributed by atoms with E-state index in [0.29, 0.717) is 16.6 Å². The van der Waals surface area contributed by atoms with Crippen molar-refractivity contribution in [2.45, 2.75) is 45.4 Å². The highest BCUT2D eigenvalue weighted by Gasteiger charge is 2.26. The molecule has 6 heteroatoms. The number of carbonyl (C=O) groups is 1. The fraction of sp³-hybridized carbons (Fsp3) is 0.367. The Hall–Kier alpha value is -2.37. The quantitative estimate of drug-likeness (QED) is 0.409. The summed E-state index contributed by atoms with van der Waals surface area (Å²) >= 11 is 12.4. The first kappa shape index (κ1) is 25.3. The minimum absolute atomic E-state index is 0.00563. The Bertz CT molecular complexity index is 1200. The van der Waals surface area contributed by atoms with Crippen molar-refractivity contribution in [3.8, 4) is 0 Å². The van der Waals surface area contributed by atoms with E-state index in [1.54, 1.807) is 6.07 Å². The van der Waals surface area contributed by atoms with Gasteiger partial charge in [-0.3, -0.25) is 14.6 Å². The van der Waals surface area contributed by atoms with Crippen molar-refractivity contribution in [1.82, 2.24) is 15.1 Å². The van der Waals surface area contributed by atoms with Gasteiger partial charge in [-0.05, 0) is 65.8 Å². The predicted molar refractivity (Wildman–Crippen MR) is 147 cm³/mol. The first-order chi connectivity index (χ1) is 17.5. The molecule has 36 heavy (non-hydrogen) atoms. The minimum Gasteiger partial charge on any atom is -0.352 e. The molecule has 3 aromatic carbocycles. The van der Waals surface area contributed by atoms with Crippen LogP contribution in [0, 0.1) is 5.92 Å². The molecule has 1 unspecified atom stereocenters. The van der Waals surface area contributed by atoms with Crippen LogP contribution < -0.4 is 5.32 Å². The maximum absolute atomic E-state index is 12.9. The Morgan fingerprint density at radius 1 is 0.889 bits per heavy atom. The minimum atomic E-state index is 0.00563. The Morgan fingerprint density at radius 2 is 1.67 bits per heavy atom. The number of piperidine rings is 1. The zero-order valence-electron chi connectivity index (χ0n) is 20.6. The van der Waals surface area contributed by atoms with E-state index in [0.717, 1.165) is 69.7 Å². The van der Waals surface area contributed by atoms with E-state index in [4.69, 9.17) is 23.2 Å². The summed E-state index contributed by atoms with van der Waals surface area (Å²) in [6.45, 7) is 6.10. The molecule has 2 heterocycles. The van der Waals surface area contributed by atoms with Gasteiger partial charge in [0.05, 0.1) is 5.92 Å². The first-order valence-corrected chi connectivity index (χ1v) is 13.6. The van der Waals surface area contributed by atoms with Crippen molar-refractivity contribution < 1.29 is 4.79 Å². The van der Waals surface area contributed by atoms with Crippen LogP contribution in [0.2, 0.25) is 10.0 Å². The number of halogens is 2. The van der Waals surface area contributed by atoms with Crippen LogP contribution >= 0.6 is 23.2 Å². The average Bonchev–Trinajstić information content (AvgIpc) is 2.90. The summed E-state index contributed by atoms with van der Waals surface area (Å²) in [5.41, 5.74) is 6.43. The number of nitrogens with one attached hydrogen (secondary N) is 1. The Balaban J connectivity index is 1.09. The van der Waals surface area contributed by atoms with Gasteiger partial charge in [-0.1, -0.05) is 77.8 Å². The molecular formula is C30H33Cl2N3O. The van der Waals surface area contributed by atoms with Gasteiger partial charge in [-0.25, -0.2) is 0 Å². The second-order valence-electron chi connectivity index (χ2n) is 10.1. The van der Waals surface area contributed by atoms with E-state index in [9.17, 15) is 4.79 Å². The molecule has 2 aliphatic rings. The number of nitrogens with zero attached hydrogens (tertiary/aromatic N) is 2. The summed E-state index contributed by atoms with van der Waals surface area (Å²) in [6.07, 6.45) is 3.05. The number of amides is 1. The summed E-state index contributed by atoms with van der Waals surface area (Å²) in [6, 6.07) is 23.0. The van der Waals surface area contributed by atoms with Gasteiger partial charge in [0.25, 0.3) is 0 Å². The molecule has 188 valence electrons. The van der Waals surface area contributed by atoms with E-state index in [1.165, 1.54) is 16.7 Å². The Kier molecular flexibility index (Phi) is 8.28. The van der Waals surface area contributed by atoms with Gasteiger partial charge < -0.3 is 5.32 Å². The summed E-state index contributed by atoms with van der Waals surface area (Å²) < 4.78 is 0. The normalized spacial score (nSPS) is 18.6. The monoisotopic (exact) mass is 521 g/mol. The fourth-order valence-electron chi connectivity index (χ4n) is 5.35. The third kappa shape index (κ3) is 6.49. The molecular weight excluding hydrogens is 489 g/mol. The fourth-order valence-corrected chi connectivity index (χ4v) is 5.82. The summed E-state index contributed by atoms with van der Waals surface area (Å²) in [5, 5.41) is 4.49. The number of fused-ring (bicyclic) bond motifs is 1. The van der Waals surface area contributed by atoms with Crippen LogP contribution in [-0.4, -0.2) is 35.3 Å². The molecule has 0 aromatic heterocycles. The standard InChI is InChI=1S/C30H33Cl2N3O/c31-28-12-11-26(29(32)16-28)20-34-14-3-6-27(21-34)30(36)33-17-22-7-9-23(10-8-22)18-35-15-13-24-4-1-2-5-25(24)19-35/h1-2,4-5,7-12,16,27H,3,6,13-15,17-21H2,(H,33,36). The molecule has 0 aliphatic carbocycles. The lowest BCUT2D eigenvalue weighted by Crippen LogP contribution is -2.42. The first-order valence-electron chi connectivity index (χ1n) is 12.8. The molecule has 1 fully saturated rings. The van der Waals surface area contributed by atoms with Gasteiger partial charge in [0, 0.05) is 49.3 Å². The zero-order chi connectivity index (χ0) is 24.9. The van der Waals surface area contributed by atoms with Crippen LogP contribution in [0.15, 0.2) is 66.7 Å². The summed E-state index contributed by atoms with van der Waals surface area (Å²) in [4.78, 5) is 17.7. The largest absolute Gasteiger partial charge is 0.352 e. The van der Waals surface area contributed by atoms with Gasteiger partial charge in [0.15, 0.2) is 0 Å². The predicted octanol–water partition coefficient (Wildman–Crippen LogP) is 6.08. The van der Waals surface area contributed by atoms with Crippen molar-refractivity contribution in [1.29, 1.82) is 0 Å². The topological polar surface area (TPSA) is 35.6 Å². The van der Waals surface area contributed by atoms with Crippen molar-refractivity contribution >= 4 is 29.1 Å². The Morgan fingerprint density at radius 3 is 2.47 bits per heavy atom. The van der Waals surface area contributed by atoms with Crippen molar-refractivity contribution in [3.05, 3.63) is 105 Å². The SMILES string of the molecule is O=C(NCc1ccc(CN2CCc3ccccc3C2)cc1)C1CCCN(Cc2ccc(Cl)cc2Cl)C1. The van der Waals surface area contributed by atoms with E-state index in [1.807, 2.05) is 12.1 Å². The number of likely N-dealkylation sites (tertiary alicyclic amines) is 1. The van der Waals surface area contributed by atoms with E-state index >= 15 is 0 Å². The van der Waals surface area contributed by atoms with Gasteiger partial charge in [0.1, 0.15) is 0 Å². The third-order valence-corrected chi connectivity index (χ3v) is 7.98. The van der Waals surface area contributed by atoms with E-state index in [-0.39, 0.29) is 11.8 Å². The summed E-state index contributed by atoms with van der Waals surface area (Å²) in [5.74, 6) is 0.143. The number of benzene rings is 3. The number of hydrogen-bond acceptors (Lipinski definition) is 3. The molecule has 1 atom stereocenters. The molecule has 0 spiro atoms. The van der Waals surface area contributed by atoms with Crippen molar-refractivity contribution in [2.75, 3.05) is 19.6 Å². The third-order valence-electron chi connectivity index (χ3n) is 7.39. The van der Waals surface area contributed by atoms with E-state index < -0.39 is 0 Å². The highest BCUT2D eigenvalue weighted by molar-refractivity contribution is 6.35. The van der Waals surface area contributed by atoms with Crippen LogP contribution in [0.5, 0.6) is 0 Å². The lowest BCUT2D eigenvalue weighted by Gasteiger charge is -2.32. The Labute approximate surface area is 224 Å². The highest BCUT2D eigenvalue weighted by atomic mass is 35.5. The van der Waals surface area contributed by atoms with Gasteiger partial charge >= 0.3 is 0 Å². The van der Waals surface area contributed by atoms with Crippen LogP contribution in [0.25, 0.3) is 0 Å². The van der Waals surface area contributed by atoms with Gasteiger partial charge in [0.2, 0.25) is 5.91 Å². The molecule has 0 bridgehead atoms. The highest BCUT2D eigenvalue weighted by Crippen LogP contribution is 2.25.